The van der Waals surface area contributed by atoms with Gasteiger partial charge in [-0.2, -0.15) is 18.4 Å². The number of thioether (sulfide) groups is 1. The number of carbonyl (C=O) groups is 2. The number of allylic oxidation sites excluding steroid dienone is 2. The summed E-state index contributed by atoms with van der Waals surface area (Å²) < 4.78 is 49.8. The molecule has 1 aliphatic rings. The predicted molar refractivity (Wildman–Crippen MR) is 124 cm³/mol. The van der Waals surface area contributed by atoms with Gasteiger partial charge in [0.2, 0.25) is 0 Å². The molecule has 7 nitrogen and oxygen atoms in total. The van der Waals surface area contributed by atoms with Gasteiger partial charge < -0.3 is 19.8 Å². The van der Waals surface area contributed by atoms with E-state index in [1.165, 1.54) is 18.4 Å². The van der Waals surface area contributed by atoms with Gasteiger partial charge in [-0.25, -0.2) is 0 Å². The molecular weight excluding hydrogens is 483 g/mol. The highest BCUT2D eigenvalue weighted by Crippen LogP contribution is 2.41. The van der Waals surface area contributed by atoms with Gasteiger partial charge in [0.1, 0.15) is 5.76 Å². The summed E-state index contributed by atoms with van der Waals surface area (Å²) in [4.78, 5) is 25.2. The number of hydrogen-bond donors (Lipinski definition) is 2. The highest BCUT2D eigenvalue weighted by atomic mass is 32.2. The summed E-state index contributed by atoms with van der Waals surface area (Å²) in [5, 5.41) is 15.8. The Hall–Kier alpha value is -3.65. The minimum absolute atomic E-state index is 0.0513. The van der Waals surface area contributed by atoms with Crippen LogP contribution >= 0.6 is 11.8 Å². The number of nitrogens with one attached hydrogen (secondary N) is 2. The number of rotatable bonds is 8. The van der Waals surface area contributed by atoms with Crippen molar-refractivity contribution in [3.8, 4) is 6.07 Å². The summed E-state index contributed by atoms with van der Waals surface area (Å²) in [7, 11) is 0. The molecule has 0 aliphatic carbocycles. The molecule has 0 saturated heterocycles. The van der Waals surface area contributed by atoms with Crippen molar-refractivity contribution < 1.29 is 31.9 Å². The summed E-state index contributed by atoms with van der Waals surface area (Å²) in [6, 6.07) is 9.53. The number of hydrogen-bond acceptors (Lipinski definition) is 7. The van der Waals surface area contributed by atoms with Crippen LogP contribution in [0.1, 0.15) is 37.5 Å². The standard InChI is InChI=1S/C24H22F3N3O4S/c1-3-9-34-19(31)13-35-23-17(12-28)21(18-8-5-10-33-18)20(14(2)29-23)22(32)30-16-7-4-6-15(11-16)24(25,26)27/h4-8,10-11,21,29H,3,9,13H2,1-2H3,(H,30,32). The Kier molecular flexibility index (Phi) is 8.30. The molecule has 2 aromatic rings. The quantitative estimate of drug-likeness (QED) is 0.468. The maximum Gasteiger partial charge on any atom is 0.416 e. The van der Waals surface area contributed by atoms with Crippen LogP contribution < -0.4 is 10.6 Å². The molecule has 35 heavy (non-hydrogen) atoms. The van der Waals surface area contributed by atoms with Gasteiger partial charge in [0, 0.05) is 11.4 Å². The lowest BCUT2D eigenvalue weighted by Crippen LogP contribution is -2.31. The van der Waals surface area contributed by atoms with Crippen LogP contribution in [0.25, 0.3) is 0 Å². The van der Waals surface area contributed by atoms with E-state index in [1.807, 2.05) is 6.92 Å². The minimum atomic E-state index is -4.57. The zero-order valence-electron chi connectivity index (χ0n) is 18.9. The Morgan fingerprint density at radius 1 is 1.29 bits per heavy atom. The summed E-state index contributed by atoms with van der Waals surface area (Å²) in [5.41, 5.74) is -0.361. The first kappa shape index (κ1) is 26.0. The third-order valence-corrected chi connectivity index (χ3v) is 5.96. The van der Waals surface area contributed by atoms with E-state index in [-0.39, 0.29) is 29.2 Å². The first-order valence-electron chi connectivity index (χ1n) is 10.6. The van der Waals surface area contributed by atoms with E-state index < -0.39 is 29.5 Å². The molecule has 1 aromatic carbocycles. The molecule has 1 aliphatic heterocycles. The first-order chi connectivity index (χ1) is 16.7. The van der Waals surface area contributed by atoms with E-state index in [2.05, 4.69) is 16.7 Å². The number of furan rings is 1. The fourth-order valence-corrected chi connectivity index (χ4v) is 4.32. The third kappa shape index (κ3) is 6.27. The van der Waals surface area contributed by atoms with Gasteiger partial charge in [0.15, 0.2) is 0 Å². The van der Waals surface area contributed by atoms with Crippen molar-refractivity contribution >= 4 is 29.3 Å². The van der Waals surface area contributed by atoms with Gasteiger partial charge in [0.25, 0.3) is 5.91 Å². The molecule has 11 heteroatoms. The van der Waals surface area contributed by atoms with Crippen molar-refractivity contribution in [2.75, 3.05) is 17.7 Å². The average Bonchev–Trinajstić information content (AvgIpc) is 3.35. The molecule has 0 bridgehead atoms. The van der Waals surface area contributed by atoms with Crippen LogP contribution in [0.5, 0.6) is 0 Å². The molecule has 184 valence electrons. The van der Waals surface area contributed by atoms with Crippen LogP contribution in [-0.2, 0) is 20.5 Å². The maximum atomic E-state index is 13.3. The van der Waals surface area contributed by atoms with Crippen molar-refractivity contribution in [3.63, 3.8) is 0 Å². The van der Waals surface area contributed by atoms with Crippen LogP contribution in [0.15, 0.2) is 69.0 Å². The lowest BCUT2D eigenvalue weighted by atomic mass is 9.85. The van der Waals surface area contributed by atoms with E-state index in [4.69, 9.17) is 9.15 Å². The van der Waals surface area contributed by atoms with E-state index in [0.717, 1.165) is 23.9 Å². The maximum absolute atomic E-state index is 13.3. The average molecular weight is 506 g/mol. The summed E-state index contributed by atoms with van der Waals surface area (Å²) in [6.07, 6.45) is -2.51. The zero-order chi connectivity index (χ0) is 25.6. The number of halogens is 3. The summed E-state index contributed by atoms with van der Waals surface area (Å²) >= 11 is 1.05. The number of esters is 1. The zero-order valence-corrected chi connectivity index (χ0v) is 19.7. The van der Waals surface area contributed by atoms with Crippen LogP contribution in [0.3, 0.4) is 0 Å². The van der Waals surface area contributed by atoms with Gasteiger partial charge in [-0.1, -0.05) is 24.8 Å². The number of alkyl halides is 3. The number of anilines is 1. The lowest BCUT2D eigenvalue weighted by Gasteiger charge is -2.28. The SMILES string of the molecule is CCCOC(=O)CSC1=C(C#N)C(c2ccco2)C(C(=O)Nc2cccc(C(F)(F)F)c2)=C(C)N1. The predicted octanol–water partition coefficient (Wildman–Crippen LogP) is 5.32. The Morgan fingerprint density at radius 3 is 2.69 bits per heavy atom. The molecule has 1 aromatic heterocycles. The van der Waals surface area contributed by atoms with Gasteiger partial charge in [-0.05, 0) is 43.7 Å². The fraction of sp³-hybridized carbons (Fsp3) is 0.292. The Labute approximate surface area is 204 Å². The number of benzene rings is 1. The highest BCUT2D eigenvalue weighted by Gasteiger charge is 2.37. The number of ether oxygens (including phenoxy) is 1. The van der Waals surface area contributed by atoms with Crippen molar-refractivity contribution in [1.82, 2.24) is 5.32 Å². The molecular formula is C24H22F3N3O4S. The van der Waals surface area contributed by atoms with Crippen molar-refractivity contribution in [3.05, 3.63) is 75.9 Å². The Morgan fingerprint density at radius 2 is 2.06 bits per heavy atom. The van der Waals surface area contributed by atoms with Gasteiger partial charge in [-0.15, -0.1) is 0 Å². The lowest BCUT2D eigenvalue weighted by molar-refractivity contribution is -0.140. The molecule has 2 N–H and O–H groups in total. The molecule has 0 fully saturated rings. The van der Waals surface area contributed by atoms with Gasteiger partial charge in [0.05, 0.1) is 52.3 Å². The first-order valence-corrected chi connectivity index (χ1v) is 11.6. The molecule has 2 heterocycles. The third-order valence-electron chi connectivity index (χ3n) is 4.97. The van der Waals surface area contributed by atoms with Crippen LogP contribution in [0.2, 0.25) is 0 Å². The second-order valence-electron chi connectivity index (χ2n) is 7.51. The van der Waals surface area contributed by atoms with E-state index in [1.54, 1.807) is 19.1 Å². The van der Waals surface area contributed by atoms with E-state index in [0.29, 0.717) is 22.9 Å². The second-order valence-corrected chi connectivity index (χ2v) is 8.49. The highest BCUT2D eigenvalue weighted by molar-refractivity contribution is 8.03. The molecule has 3 rings (SSSR count). The van der Waals surface area contributed by atoms with E-state index in [9.17, 15) is 28.0 Å². The van der Waals surface area contributed by atoms with Crippen molar-refractivity contribution in [2.24, 2.45) is 0 Å². The number of nitriles is 1. The van der Waals surface area contributed by atoms with E-state index >= 15 is 0 Å². The number of nitrogens with zero attached hydrogens (tertiary/aromatic N) is 1. The normalized spacial score (nSPS) is 15.9. The molecule has 0 spiro atoms. The topological polar surface area (TPSA) is 104 Å². The summed E-state index contributed by atoms with van der Waals surface area (Å²) in [5.74, 6) is -1.85. The molecule has 1 amide bonds. The number of carbonyl (C=O) groups excluding carboxylic acids is 2. The summed E-state index contributed by atoms with van der Waals surface area (Å²) in [6.45, 7) is 3.75. The monoisotopic (exact) mass is 505 g/mol. The smallest absolute Gasteiger partial charge is 0.416 e. The van der Waals surface area contributed by atoms with Crippen molar-refractivity contribution in [2.45, 2.75) is 32.4 Å². The number of amides is 1. The van der Waals surface area contributed by atoms with Gasteiger partial charge in [-0.3, -0.25) is 9.59 Å². The number of dihydropyridines is 1. The molecule has 0 saturated carbocycles. The largest absolute Gasteiger partial charge is 0.468 e. The van der Waals surface area contributed by atoms with Crippen LogP contribution in [0.4, 0.5) is 18.9 Å². The van der Waals surface area contributed by atoms with Crippen LogP contribution in [0, 0.1) is 11.3 Å². The van der Waals surface area contributed by atoms with Crippen molar-refractivity contribution in [1.29, 1.82) is 5.26 Å². The molecule has 1 atom stereocenters. The molecule has 0 radical (unpaired) electrons. The minimum Gasteiger partial charge on any atom is -0.468 e. The Balaban J connectivity index is 1.92. The van der Waals surface area contributed by atoms with Crippen LogP contribution in [-0.4, -0.2) is 24.2 Å². The second kappa shape index (κ2) is 11.2. The fourth-order valence-electron chi connectivity index (χ4n) is 3.43. The Bertz CT molecular complexity index is 1200. The molecule has 1 unspecified atom stereocenters. The van der Waals surface area contributed by atoms with Gasteiger partial charge >= 0.3 is 12.1 Å².